The van der Waals surface area contributed by atoms with Gasteiger partial charge in [0.15, 0.2) is 5.16 Å². The van der Waals surface area contributed by atoms with Crippen LogP contribution >= 0.6 is 11.8 Å². The molecule has 0 saturated carbocycles. The Bertz CT molecular complexity index is 510. The number of aromatic nitrogens is 2. The molecule has 116 valence electrons. The van der Waals surface area contributed by atoms with E-state index in [0.29, 0.717) is 18.1 Å². The van der Waals surface area contributed by atoms with E-state index in [9.17, 15) is 9.59 Å². The molecule has 7 heteroatoms. The van der Waals surface area contributed by atoms with Crippen LogP contribution in [0.4, 0.5) is 0 Å². The van der Waals surface area contributed by atoms with Crippen LogP contribution in [-0.2, 0) is 22.6 Å². The van der Waals surface area contributed by atoms with E-state index in [0.717, 1.165) is 38.0 Å². The predicted octanol–water partition coefficient (Wildman–Crippen LogP) is 1.63. The number of hydrogen-bond acceptors (Lipinski definition) is 4. The molecule has 1 aliphatic heterocycles. The molecule has 0 radical (unpaired) electrons. The van der Waals surface area contributed by atoms with Gasteiger partial charge in [0.1, 0.15) is 0 Å². The highest BCUT2D eigenvalue weighted by Crippen LogP contribution is 2.20. The first-order valence-corrected chi connectivity index (χ1v) is 8.27. The van der Waals surface area contributed by atoms with Crippen LogP contribution in [0.2, 0.25) is 0 Å². The minimum Gasteiger partial charge on any atom is -0.481 e. The van der Waals surface area contributed by atoms with Gasteiger partial charge >= 0.3 is 5.97 Å². The van der Waals surface area contributed by atoms with E-state index in [1.807, 2.05) is 16.4 Å². The maximum Gasteiger partial charge on any atom is 0.313 e. The summed E-state index contributed by atoms with van der Waals surface area (Å²) in [6.45, 7) is 4.33. The average molecular weight is 311 g/mol. The molecule has 1 fully saturated rings. The number of thioether (sulfide) groups is 1. The van der Waals surface area contributed by atoms with Gasteiger partial charge < -0.3 is 14.6 Å². The summed E-state index contributed by atoms with van der Waals surface area (Å²) in [4.78, 5) is 29.0. The molecule has 1 N–H and O–H groups in total. The Morgan fingerprint density at radius 1 is 1.38 bits per heavy atom. The Balaban J connectivity index is 1.98. The van der Waals surface area contributed by atoms with Gasteiger partial charge in [0.25, 0.3) is 0 Å². The van der Waals surface area contributed by atoms with Gasteiger partial charge in [-0.1, -0.05) is 18.7 Å². The molecule has 0 bridgehead atoms. The number of nitrogens with zero attached hydrogens (tertiary/aromatic N) is 3. The van der Waals surface area contributed by atoms with Crippen molar-refractivity contribution in [2.75, 3.05) is 18.8 Å². The van der Waals surface area contributed by atoms with Crippen molar-refractivity contribution in [3.05, 3.63) is 11.9 Å². The number of carboxylic acid groups (broad SMARTS) is 1. The van der Waals surface area contributed by atoms with Crippen LogP contribution in [0.15, 0.2) is 11.4 Å². The lowest BCUT2D eigenvalue weighted by Crippen LogP contribution is -2.28. The highest BCUT2D eigenvalue weighted by atomic mass is 32.2. The fraction of sp³-hybridized carbons (Fsp3) is 0.643. The molecule has 1 aromatic rings. The van der Waals surface area contributed by atoms with Crippen molar-refractivity contribution < 1.29 is 14.7 Å². The molecule has 0 spiro atoms. The number of carbonyl (C=O) groups is 2. The molecule has 6 nitrogen and oxygen atoms in total. The molecule has 1 saturated heterocycles. The molecule has 1 aromatic heterocycles. The van der Waals surface area contributed by atoms with Crippen molar-refractivity contribution in [1.29, 1.82) is 0 Å². The standard InChI is InChI=1S/C14H21N3O3S/c1-2-11-9-15-14(21-10-13(19)20)17(11)8-5-12(18)16-6-3-4-7-16/h9H,2-8,10H2,1H3,(H,19,20). The highest BCUT2D eigenvalue weighted by molar-refractivity contribution is 7.99. The molecule has 0 aromatic carbocycles. The van der Waals surface area contributed by atoms with Crippen molar-refractivity contribution in [3.8, 4) is 0 Å². The van der Waals surface area contributed by atoms with Gasteiger partial charge in [-0.2, -0.15) is 0 Å². The maximum absolute atomic E-state index is 12.1. The van der Waals surface area contributed by atoms with E-state index >= 15 is 0 Å². The number of imidazole rings is 1. The summed E-state index contributed by atoms with van der Waals surface area (Å²) >= 11 is 1.20. The highest BCUT2D eigenvalue weighted by Gasteiger charge is 2.19. The number of aliphatic carboxylic acids is 1. The normalized spacial score (nSPS) is 14.6. The third kappa shape index (κ3) is 4.23. The van der Waals surface area contributed by atoms with Crippen LogP contribution < -0.4 is 0 Å². The van der Waals surface area contributed by atoms with Gasteiger partial charge in [-0.25, -0.2) is 4.98 Å². The van der Waals surface area contributed by atoms with Crippen molar-refractivity contribution in [1.82, 2.24) is 14.5 Å². The van der Waals surface area contributed by atoms with Crippen molar-refractivity contribution >= 4 is 23.6 Å². The number of likely N-dealkylation sites (tertiary alicyclic amines) is 1. The van der Waals surface area contributed by atoms with Gasteiger partial charge in [0.2, 0.25) is 5.91 Å². The lowest BCUT2D eigenvalue weighted by Gasteiger charge is -2.16. The van der Waals surface area contributed by atoms with E-state index < -0.39 is 5.97 Å². The molecule has 2 rings (SSSR count). The zero-order chi connectivity index (χ0) is 15.2. The van der Waals surface area contributed by atoms with Gasteiger partial charge in [0.05, 0.1) is 5.75 Å². The Morgan fingerprint density at radius 2 is 2.10 bits per heavy atom. The molecule has 1 amide bonds. The second-order valence-corrected chi connectivity index (χ2v) is 6.00. The smallest absolute Gasteiger partial charge is 0.313 e. The Hall–Kier alpha value is -1.50. The van der Waals surface area contributed by atoms with Crippen molar-refractivity contribution in [2.45, 2.75) is 44.3 Å². The molecule has 1 aliphatic rings. The largest absolute Gasteiger partial charge is 0.481 e. The van der Waals surface area contributed by atoms with E-state index in [2.05, 4.69) is 4.98 Å². The van der Waals surface area contributed by atoms with Gasteiger partial charge in [0, 0.05) is 37.9 Å². The van der Waals surface area contributed by atoms with Gasteiger partial charge in [-0.3, -0.25) is 9.59 Å². The van der Waals surface area contributed by atoms with Crippen molar-refractivity contribution in [2.24, 2.45) is 0 Å². The van der Waals surface area contributed by atoms with Crippen LogP contribution in [-0.4, -0.2) is 50.3 Å². The van der Waals surface area contributed by atoms with Crippen LogP contribution in [0.25, 0.3) is 0 Å². The maximum atomic E-state index is 12.1. The lowest BCUT2D eigenvalue weighted by molar-refractivity contribution is -0.134. The zero-order valence-corrected chi connectivity index (χ0v) is 13.1. The summed E-state index contributed by atoms with van der Waals surface area (Å²) in [6, 6.07) is 0. The predicted molar refractivity (Wildman–Crippen MR) is 80.4 cm³/mol. The first-order valence-electron chi connectivity index (χ1n) is 7.28. The SMILES string of the molecule is CCc1cnc(SCC(=O)O)n1CCC(=O)N1CCCC1. The molecule has 0 unspecified atom stereocenters. The number of amides is 1. The number of carbonyl (C=O) groups excluding carboxylic acids is 1. The van der Waals surface area contributed by atoms with E-state index in [-0.39, 0.29) is 11.7 Å². The topological polar surface area (TPSA) is 75.4 Å². The summed E-state index contributed by atoms with van der Waals surface area (Å²) < 4.78 is 1.97. The third-order valence-corrected chi connectivity index (χ3v) is 4.57. The number of aryl methyl sites for hydroxylation is 1. The summed E-state index contributed by atoms with van der Waals surface area (Å²) in [6.07, 6.45) is 5.22. The molecule has 2 heterocycles. The molecule has 0 aliphatic carbocycles. The summed E-state index contributed by atoms with van der Waals surface area (Å²) in [5.74, 6) is -0.696. The minimum absolute atomic E-state index is 0.0137. The Morgan fingerprint density at radius 3 is 2.71 bits per heavy atom. The number of carboxylic acids is 1. The van der Waals surface area contributed by atoms with Gasteiger partial charge in [-0.05, 0) is 19.3 Å². The summed E-state index contributed by atoms with van der Waals surface area (Å²) in [5.41, 5.74) is 1.04. The van der Waals surface area contributed by atoms with Crippen LogP contribution in [0.1, 0.15) is 31.9 Å². The van der Waals surface area contributed by atoms with E-state index in [1.165, 1.54) is 11.8 Å². The van der Waals surface area contributed by atoms with Gasteiger partial charge in [-0.15, -0.1) is 0 Å². The first-order chi connectivity index (χ1) is 10.1. The minimum atomic E-state index is -0.860. The number of hydrogen-bond donors (Lipinski definition) is 1. The van der Waals surface area contributed by atoms with E-state index in [1.54, 1.807) is 6.20 Å². The molecular formula is C14H21N3O3S. The van der Waals surface area contributed by atoms with Crippen LogP contribution in [0.3, 0.4) is 0 Å². The molecule has 21 heavy (non-hydrogen) atoms. The van der Waals surface area contributed by atoms with E-state index in [4.69, 9.17) is 5.11 Å². The third-order valence-electron chi connectivity index (χ3n) is 3.60. The second kappa shape index (κ2) is 7.49. The summed E-state index contributed by atoms with van der Waals surface area (Å²) in [7, 11) is 0. The quantitative estimate of drug-likeness (QED) is 0.775. The molecular weight excluding hydrogens is 290 g/mol. The fourth-order valence-corrected chi connectivity index (χ4v) is 3.23. The fourth-order valence-electron chi connectivity index (χ4n) is 2.49. The Kier molecular flexibility index (Phi) is 5.67. The second-order valence-electron chi connectivity index (χ2n) is 5.06. The Labute approximate surface area is 128 Å². The number of rotatable bonds is 7. The molecule has 0 atom stereocenters. The summed E-state index contributed by atoms with van der Waals surface area (Å²) in [5, 5.41) is 9.46. The van der Waals surface area contributed by atoms with Crippen molar-refractivity contribution in [3.63, 3.8) is 0 Å². The first kappa shape index (κ1) is 15.9. The van der Waals surface area contributed by atoms with Crippen LogP contribution in [0, 0.1) is 0 Å². The zero-order valence-electron chi connectivity index (χ0n) is 12.2. The average Bonchev–Trinajstić information content (AvgIpc) is 3.11. The monoisotopic (exact) mass is 311 g/mol. The lowest BCUT2D eigenvalue weighted by atomic mass is 10.3. The van der Waals surface area contributed by atoms with Crippen LogP contribution in [0.5, 0.6) is 0 Å².